The molecule has 0 aliphatic carbocycles. The number of amides is 1. The first-order chi connectivity index (χ1) is 15.8. The van der Waals surface area contributed by atoms with E-state index in [0.717, 1.165) is 33.8 Å². The van der Waals surface area contributed by atoms with E-state index in [9.17, 15) is 4.79 Å². The zero-order valence-electron chi connectivity index (χ0n) is 19.5. The Morgan fingerprint density at radius 3 is 2.55 bits per heavy atom. The van der Waals surface area contributed by atoms with Crippen LogP contribution in [0.4, 0.5) is 5.69 Å². The van der Waals surface area contributed by atoms with Gasteiger partial charge in [-0.05, 0) is 71.5 Å². The van der Waals surface area contributed by atoms with Crippen molar-refractivity contribution in [3.63, 3.8) is 0 Å². The minimum absolute atomic E-state index is 0.0157. The summed E-state index contributed by atoms with van der Waals surface area (Å²) < 4.78 is 0. The number of nitrogens with zero attached hydrogens (tertiary/aromatic N) is 3. The molecule has 4 aromatic rings. The molecular weight excluding hydrogens is 408 g/mol. The zero-order valence-corrected chi connectivity index (χ0v) is 19.5. The summed E-state index contributed by atoms with van der Waals surface area (Å²) in [4.78, 5) is 26.0. The molecule has 0 bridgehead atoms. The van der Waals surface area contributed by atoms with Crippen molar-refractivity contribution in [1.82, 2.24) is 15.0 Å². The maximum absolute atomic E-state index is 13.0. The molecule has 2 heterocycles. The fourth-order valence-corrected chi connectivity index (χ4v) is 3.71. The third-order valence-electron chi connectivity index (χ3n) is 5.70. The van der Waals surface area contributed by atoms with Gasteiger partial charge in [-0.15, -0.1) is 0 Å². The molecule has 0 aliphatic heterocycles. The largest absolute Gasteiger partial charge is 0.322 e. The fourth-order valence-electron chi connectivity index (χ4n) is 3.71. The summed E-state index contributed by atoms with van der Waals surface area (Å²) in [5.41, 5.74) is 7.49. The van der Waals surface area contributed by atoms with E-state index in [0.29, 0.717) is 12.0 Å². The van der Waals surface area contributed by atoms with E-state index in [4.69, 9.17) is 0 Å². The first-order valence-corrected chi connectivity index (χ1v) is 11.0. The molecule has 0 aliphatic rings. The highest BCUT2D eigenvalue weighted by atomic mass is 16.1. The molecule has 166 valence electrons. The molecule has 0 saturated carbocycles. The quantitative estimate of drug-likeness (QED) is 0.417. The number of carbonyl (C=O) groups excluding carboxylic acids is 1. The molecule has 0 spiro atoms. The molecule has 1 N–H and O–H groups in total. The van der Waals surface area contributed by atoms with Crippen LogP contribution < -0.4 is 5.32 Å². The number of aryl methyl sites for hydroxylation is 1. The summed E-state index contributed by atoms with van der Waals surface area (Å²) in [6.45, 7) is 8.53. The van der Waals surface area contributed by atoms with Gasteiger partial charge in [0.15, 0.2) is 0 Å². The average molecular weight is 437 g/mol. The van der Waals surface area contributed by atoms with Crippen molar-refractivity contribution in [2.24, 2.45) is 0 Å². The third kappa shape index (κ3) is 5.32. The first-order valence-electron chi connectivity index (χ1n) is 11.0. The summed E-state index contributed by atoms with van der Waals surface area (Å²) >= 11 is 0. The third-order valence-corrected chi connectivity index (χ3v) is 5.70. The Bertz CT molecular complexity index is 1280. The highest BCUT2D eigenvalue weighted by molar-refractivity contribution is 6.04. The summed E-state index contributed by atoms with van der Waals surface area (Å²) in [6, 6.07) is 19.6. The van der Waals surface area contributed by atoms with Crippen molar-refractivity contribution in [2.45, 2.75) is 39.5 Å². The number of nitrogens with one attached hydrogen (secondary N) is 1. The highest BCUT2D eigenvalue weighted by Crippen LogP contribution is 2.26. The minimum atomic E-state index is -0.126. The van der Waals surface area contributed by atoms with Crippen LogP contribution in [0.2, 0.25) is 0 Å². The number of pyridine rings is 1. The second-order valence-electron chi connectivity index (χ2n) is 9.20. The van der Waals surface area contributed by atoms with Crippen LogP contribution in [0.15, 0.2) is 79.4 Å². The lowest BCUT2D eigenvalue weighted by Crippen LogP contribution is -2.15. The number of carbonyl (C=O) groups is 1. The van der Waals surface area contributed by atoms with Gasteiger partial charge in [-0.2, -0.15) is 0 Å². The van der Waals surface area contributed by atoms with E-state index < -0.39 is 0 Å². The number of aromatic nitrogens is 3. The molecule has 4 rings (SSSR count). The van der Waals surface area contributed by atoms with Crippen molar-refractivity contribution in [1.29, 1.82) is 0 Å². The summed E-state index contributed by atoms with van der Waals surface area (Å²) in [5, 5.41) is 3.05. The van der Waals surface area contributed by atoms with Gasteiger partial charge >= 0.3 is 0 Å². The van der Waals surface area contributed by atoms with Crippen molar-refractivity contribution >= 4 is 11.6 Å². The Morgan fingerprint density at radius 2 is 1.79 bits per heavy atom. The molecule has 0 radical (unpaired) electrons. The van der Waals surface area contributed by atoms with E-state index in [1.54, 1.807) is 12.4 Å². The number of rotatable bonds is 5. The molecule has 2 aromatic carbocycles. The van der Waals surface area contributed by atoms with Gasteiger partial charge in [0.05, 0.1) is 11.4 Å². The standard InChI is InChI=1S/C28H28N4O/c1-19-10-11-20(27(33)32-23-8-5-7-22(17-23)28(2,3)4)15-21(19)16-26-24(9-6-13-30-26)25-12-14-29-18-31-25/h5-15,17-18H,16H2,1-4H3,(H,32,33). The molecule has 1 amide bonds. The van der Waals surface area contributed by atoms with Gasteiger partial charge in [-0.25, -0.2) is 9.97 Å². The second-order valence-corrected chi connectivity index (χ2v) is 9.20. The molecule has 0 atom stereocenters. The molecule has 33 heavy (non-hydrogen) atoms. The van der Waals surface area contributed by atoms with Crippen LogP contribution in [0.5, 0.6) is 0 Å². The van der Waals surface area contributed by atoms with Gasteiger partial charge < -0.3 is 5.32 Å². The smallest absolute Gasteiger partial charge is 0.255 e. The van der Waals surface area contributed by atoms with Gasteiger partial charge in [0.25, 0.3) is 5.91 Å². The van der Waals surface area contributed by atoms with E-state index in [2.05, 4.69) is 54.0 Å². The SMILES string of the molecule is Cc1ccc(C(=O)Nc2cccc(C(C)(C)C)c2)cc1Cc1ncccc1-c1ccncn1. The predicted molar refractivity (Wildman–Crippen MR) is 132 cm³/mol. The van der Waals surface area contributed by atoms with Crippen molar-refractivity contribution in [2.75, 3.05) is 5.32 Å². The molecule has 2 aromatic heterocycles. The first kappa shape index (κ1) is 22.3. The van der Waals surface area contributed by atoms with Crippen LogP contribution in [0.3, 0.4) is 0 Å². The molecule has 0 saturated heterocycles. The van der Waals surface area contributed by atoms with Crippen molar-refractivity contribution in [3.8, 4) is 11.3 Å². The Kier molecular flexibility index (Phi) is 6.31. The monoisotopic (exact) mass is 436 g/mol. The summed E-state index contributed by atoms with van der Waals surface area (Å²) in [6.07, 6.45) is 5.65. The maximum atomic E-state index is 13.0. The fraction of sp³-hybridized carbons (Fsp3) is 0.214. The van der Waals surface area contributed by atoms with Crippen LogP contribution in [0.25, 0.3) is 11.3 Å². The Morgan fingerprint density at radius 1 is 0.939 bits per heavy atom. The van der Waals surface area contributed by atoms with Gasteiger partial charge in [0, 0.05) is 35.6 Å². The predicted octanol–water partition coefficient (Wildman–Crippen LogP) is 5.99. The van der Waals surface area contributed by atoms with Gasteiger partial charge in [-0.3, -0.25) is 9.78 Å². The summed E-state index contributed by atoms with van der Waals surface area (Å²) in [5.74, 6) is -0.126. The molecule has 5 heteroatoms. The van der Waals surface area contributed by atoms with Crippen LogP contribution in [0.1, 0.15) is 53.5 Å². The van der Waals surface area contributed by atoms with Crippen LogP contribution >= 0.6 is 0 Å². The lowest BCUT2D eigenvalue weighted by molar-refractivity contribution is 0.102. The average Bonchev–Trinajstić information content (AvgIpc) is 2.81. The van der Waals surface area contributed by atoms with E-state index in [1.165, 1.54) is 11.9 Å². The van der Waals surface area contributed by atoms with E-state index in [-0.39, 0.29) is 11.3 Å². The van der Waals surface area contributed by atoms with Crippen LogP contribution in [0, 0.1) is 6.92 Å². The maximum Gasteiger partial charge on any atom is 0.255 e. The number of benzene rings is 2. The Balaban J connectivity index is 1.59. The molecule has 0 fully saturated rings. The zero-order chi connectivity index (χ0) is 23.4. The van der Waals surface area contributed by atoms with Gasteiger partial charge in [-0.1, -0.05) is 39.0 Å². The lowest BCUT2D eigenvalue weighted by Gasteiger charge is -2.20. The number of hydrogen-bond acceptors (Lipinski definition) is 4. The van der Waals surface area contributed by atoms with Crippen molar-refractivity contribution in [3.05, 3.63) is 107 Å². The molecule has 0 unspecified atom stereocenters. The number of anilines is 1. The Labute approximate surface area is 195 Å². The van der Waals surface area contributed by atoms with E-state index >= 15 is 0 Å². The van der Waals surface area contributed by atoms with Gasteiger partial charge in [0.2, 0.25) is 0 Å². The molecular formula is C28H28N4O. The number of hydrogen-bond donors (Lipinski definition) is 1. The second kappa shape index (κ2) is 9.33. The lowest BCUT2D eigenvalue weighted by atomic mass is 9.87. The Hall–Kier alpha value is -3.86. The van der Waals surface area contributed by atoms with Crippen molar-refractivity contribution < 1.29 is 4.79 Å². The minimum Gasteiger partial charge on any atom is -0.322 e. The highest BCUT2D eigenvalue weighted by Gasteiger charge is 2.16. The van der Waals surface area contributed by atoms with E-state index in [1.807, 2.05) is 54.6 Å². The summed E-state index contributed by atoms with van der Waals surface area (Å²) in [7, 11) is 0. The molecule has 5 nitrogen and oxygen atoms in total. The van der Waals surface area contributed by atoms with Crippen LogP contribution in [-0.4, -0.2) is 20.9 Å². The normalized spacial score (nSPS) is 11.3. The van der Waals surface area contributed by atoms with Crippen LogP contribution in [-0.2, 0) is 11.8 Å². The topological polar surface area (TPSA) is 67.8 Å². The van der Waals surface area contributed by atoms with Gasteiger partial charge in [0.1, 0.15) is 6.33 Å².